The fourth-order valence-electron chi connectivity index (χ4n) is 1.95. The van der Waals surface area contributed by atoms with Gasteiger partial charge in [-0.05, 0) is 43.9 Å². The maximum Gasteiger partial charge on any atom is 0.417 e. The van der Waals surface area contributed by atoms with Gasteiger partial charge in [0.1, 0.15) is 0 Å². The molecule has 1 fully saturated rings. The molecule has 1 atom stereocenters. The number of hydrogen-bond donors (Lipinski definition) is 1. The molecule has 2 nitrogen and oxygen atoms in total. The van der Waals surface area contributed by atoms with E-state index in [9.17, 15) is 13.2 Å². The number of anilines is 1. The SMILES string of the molecule is CC(Nc1ccc(C(F)(F)F)c(C#N)c1)C1CC1. The van der Waals surface area contributed by atoms with Crippen LogP contribution in [0.25, 0.3) is 0 Å². The van der Waals surface area contributed by atoms with Crippen molar-refractivity contribution in [2.45, 2.75) is 32.0 Å². The molecule has 0 bridgehead atoms. The van der Waals surface area contributed by atoms with Crippen LogP contribution < -0.4 is 5.32 Å². The molecule has 18 heavy (non-hydrogen) atoms. The highest BCUT2D eigenvalue weighted by Crippen LogP contribution is 2.36. The van der Waals surface area contributed by atoms with Crippen LogP contribution in [0.4, 0.5) is 18.9 Å². The molecule has 2 rings (SSSR count). The molecule has 1 aliphatic carbocycles. The summed E-state index contributed by atoms with van der Waals surface area (Å²) in [5.41, 5.74) is -0.649. The van der Waals surface area contributed by atoms with Crippen molar-refractivity contribution in [1.82, 2.24) is 0 Å². The summed E-state index contributed by atoms with van der Waals surface area (Å²) in [7, 11) is 0. The molecule has 0 radical (unpaired) electrons. The van der Waals surface area contributed by atoms with Gasteiger partial charge < -0.3 is 5.32 Å². The van der Waals surface area contributed by atoms with Gasteiger partial charge in [-0.1, -0.05) is 0 Å². The van der Waals surface area contributed by atoms with Gasteiger partial charge in [-0.25, -0.2) is 0 Å². The van der Waals surface area contributed by atoms with Gasteiger partial charge in [-0.2, -0.15) is 18.4 Å². The van der Waals surface area contributed by atoms with Gasteiger partial charge >= 0.3 is 6.18 Å². The van der Waals surface area contributed by atoms with E-state index < -0.39 is 11.7 Å². The first-order valence-electron chi connectivity index (χ1n) is 5.79. The number of nitrogens with zero attached hydrogens (tertiary/aromatic N) is 1. The average Bonchev–Trinajstić information content (AvgIpc) is 3.11. The lowest BCUT2D eigenvalue weighted by molar-refractivity contribution is -0.137. The Morgan fingerprint density at radius 3 is 2.56 bits per heavy atom. The third kappa shape index (κ3) is 2.76. The second-order valence-electron chi connectivity index (χ2n) is 4.64. The van der Waals surface area contributed by atoms with E-state index in [4.69, 9.17) is 5.26 Å². The third-order valence-electron chi connectivity index (χ3n) is 3.17. The molecule has 1 aliphatic rings. The summed E-state index contributed by atoms with van der Waals surface area (Å²) in [6.07, 6.45) is -2.18. The van der Waals surface area contributed by atoms with Gasteiger partial charge in [0.05, 0.1) is 17.2 Å². The van der Waals surface area contributed by atoms with E-state index in [-0.39, 0.29) is 11.6 Å². The number of benzene rings is 1. The summed E-state index contributed by atoms with van der Waals surface area (Å²) in [5.74, 6) is 0.595. The quantitative estimate of drug-likeness (QED) is 0.890. The summed E-state index contributed by atoms with van der Waals surface area (Å²) in [6, 6.07) is 5.43. The van der Waals surface area contributed by atoms with Crippen molar-refractivity contribution >= 4 is 5.69 Å². The van der Waals surface area contributed by atoms with Crippen LogP contribution in [0.15, 0.2) is 18.2 Å². The highest BCUT2D eigenvalue weighted by atomic mass is 19.4. The summed E-state index contributed by atoms with van der Waals surface area (Å²) < 4.78 is 37.8. The minimum Gasteiger partial charge on any atom is -0.382 e. The lowest BCUT2D eigenvalue weighted by Gasteiger charge is -2.16. The van der Waals surface area contributed by atoms with Gasteiger partial charge in [0.2, 0.25) is 0 Å². The van der Waals surface area contributed by atoms with Crippen molar-refractivity contribution < 1.29 is 13.2 Å². The molecule has 5 heteroatoms. The van der Waals surface area contributed by atoms with E-state index in [2.05, 4.69) is 5.32 Å². The van der Waals surface area contributed by atoms with Gasteiger partial charge in [-0.15, -0.1) is 0 Å². The molecule has 1 aromatic carbocycles. The van der Waals surface area contributed by atoms with Crippen LogP contribution >= 0.6 is 0 Å². The molecule has 0 aliphatic heterocycles. The van der Waals surface area contributed by atoms with Crippen molar-refractivity contribution in [1.29, 1.82) is 5.26 Å². The Balaban J connectivity index is 2.22. The Bertz CT molecular complexity index is 484. The van der Waals surface area contributed by atoms with Gasteiger partial charge in [-0.3, -0.25) is 0 Å². The first kappa shape index (κ1) is 12.7. The van der Waals surface area contributed by atoms with Crippen molar-refractivity contribution in [3.05, 3.63) is 29.3 Å². The predicted molar refractivity (Wildman–Crippen MR) is 62.0 cm³/mol. The van der Waals surface area contributed by atoms with Crippen molar-refractivity contribution in [2.24, 2.45) is 5.92 Å². The maximum absolute atomic E-state index is 12.6. The first-order chi connectivity index (χ1) is 8.41. The summed E-state index contributed by atoms with van der Waals surface area (Å²) in [4.78, 5) is 0. The maximum atomic E-state index is 12.6. The van der Waals surface area contributed by atoms with Crippen molar-refractivity contribution in [2.75, 3.05) is 5.32 Å². The number of nitrogens with one attached hydrogen (secondary N) is 1. The normalized spacial score (nSPS) is 17.1. The third-order valence-corrected chi connectivity index (χ3v) is 3.17. The van der Waals surface area contributed by atoms with Crippen LogP contribution in [0.5, 0.6) is 0 Å². The minimum absolute atomic E-state index is 0.230. The second-order valence-corrected chi connectivity index (χ2v) is 4.64. The molecular formula is C13H13F3N2. The lowest BCUT2D eigenvalue weighted by atomic mass is 10.1. The molecule has 0 amide bonds. The average molecular weight is 254 g/mol. The zero-order chi connectivity index (χ0) is 13.3. The number of alkyl halides is 3. The molecule has 1 aromatic rings. The van der Waals surface area contributed by atoms with Crippen LogP contribution in [-0.2, 0) is 6.18 Å². The molecule has 0 heterocycles. The zero-order valence-electron chi connectivity index (χ0n) is 9.88. The molecule has 0 spiro atoms. The van der Waals surface area contributed by atoms with E-state index in [0.29, 0.717) is 11.6 Å². The topological polar surface area (TPSA) is 35.8 Å². The molecule has 1 unspecified atom stereocenters. The second kappa shape index (κ2) is 4.52. The Kier molecular flexibility index (Phi) is 3.20. The Hall–Kier alpha value is -1.70. The highest BCUT2D eigenvalue weighted by molar-refractivity contribution is 5.54. The minimum atomic E-state index is -4.48. The zero-order valence-corrected chi connectivity index (χ0v) is 9.88. The molecule has 96 valence electrons. The first-order valence-corrected chi connectivity index (χ1v) is 5.79. The van der Waals surface area contributed by atoms with Crippen molar-refractivity contribution in [3.63, 3.8) is 0 Å². The fraction of sp³-hybridized carbons (Fsp3) is 0.462. The van der Waals surface area contributed by atoms with Crippen LogP contribution in [0, 0.1) is 17.2 Å². The van der Waals surface area contributed by atoms with E-state index in [1.54, 1.807) is 6.07 Å². The highest BCUT2D eigenvalue weighted by Gasteiger charge is 2.34. The van der Waals surface area contributed by atoms with E-state index >= 15 is 0 Å². The number of hydrogen-bond acceptors (Lipinski definition) is 2. The smallest absolute Gasteiger partial charge is 0.382 e. The van der Waals surface area contributed by atoms with Crippen LogP contribution in [0.1, 0.15) is 30.9 Å². The van der Waals surface area contributed by atoms with Gasteiger partial charge in [0.25, 0.3) is 0 Å². The summed E-state index contributed by atoms with van der Waals surface area (Å²) in [6.45, 7) is 2.00. The molecule has 1 N–H and O–H groups in total. The van der Waals surface area contributed by atoms with Crippen molar-refractivity contribution in [3.8, 4) is 6.07 Å². The Labute approximate surface area is 103 Å². The van der Waals surface area contributed by atoms with Crippen LogP contribution in [-0.4, -0.2) is 6.04 Å². The molecular weight excluding hydrogens is 241 g/mol. The van der Waals surface area contributed by atoms with E-state index in [1.807, 2.05) is 6.92 Å². The number of rotatable bonds is 3. The lowest BCUT2D eigenvalue weighted by Crippen LogP contribution is -2.17. The predicted octanol–water partition coefficient (Wildman–Crippen LogP) is 3.79. The van der Waals surface area contributed by atoms with E-state index in [1.165, 1.54) is 12.1 Å². The number of halogens is 3. The monoisotopic (exact) mass is 254 g/mol. The molecule has 0 aromatic heterocycles. The van der Waals surface area contributed by atoms with Crippen LogP contribution in [0.2, 0.25) is 0 Å². The summed E-state index contributed by atoms with van der Waals surface area (Å²) >= 11 is 0. The Morgan fingerprint density at radius 1 is 1.39 bits per heavy atom. The number of nitriles is 1. The summed E-state index contributed by atoms with van der Waals surface area (Å²) in [5, 5.41) is 11.9. The van der Waals surface area contributed by atoms with E-state index in [0.717, 1.165) is 18.9 Å². The standard InChI is InChI=1S/C13H13F3N2/c1-8(9-2-3-9)18-11-4-5-12(13(14,15)16)10(6-11)7-17/h4-6,8-9,18H,2-3H2,1H3. The molecule has 1 saturated carbocycles. The van der Waals surface area contributed by atoms with Crippen LogP contribution in [0.3, 0.4) is 0 Å². The fourth-order valence-corrected chi connectivity index (χ4v) is 1.95. The molecule has 0 saturated heterocycles. The largest absolute Gasteiger partial charge is 0.417 e. The van der Waals surface area contributed by atoms with Gasteiger partial charge in [0, 0.05) is 11.7 Å². The Morgan fingerprint density at radius 2 is 2.06 bits per heavy atom. The van der Waals surface area contributed by atoms with Gasteiger partial charge in [0.15, 0.2) is 0 Å².